The van der Waals surface area contributed by atoms with Gasteiger partial charge in [0, 0.05) is 61.3 Å². The summed E-state index contributed by atoms with van der Waals surface area (Å²) in [5.41, 5.74) is 0.654. The SMILES string of the molecule is CN(C(=O)Oc1ccccc1)c1ccc([N+](=O)[O-])cc1.CNc1ccc([N+](=O)[O-])cc1.O=C(Cl)Oc1ccccc1. The molecule has 0 saturated carbocycles. The van der Waals surface area contributed by atoms with E-state index in [9.17, 15) is 29.8 Å². The number of nitro benzene ring substituents is 2. The lowest BCUT2D eigenvalue weighted by atomic mass is 10.3. The van der Waals surface area contributed by atoms with Crippen molar-refractivity contribution in [3.63, 3.8) is 0 Å². The van der Waals surface area contributed by atoms with Crippen molar-refractivity contribution in [2.45, 2.75) is 0 Å². The quantitative estimate of drug-likeness (QED) is 0.140. The molecule has 0 aliphatic heterocycles. The van der Waals surface area contributed by atoms with Crippen molar-refractivity contribution in [2.24, 2.45) is 0 Å². The van der Waals surface area contributed by atoms with E-state index in [1.807, 2.05) is 12.1 Å². The zero-order valence-corrected chi connectivity index (χ0v) is 22.6. The molecule has 4 aromatic rings. The van der Waals surface area contributed by atoms with Gasteiger partial charge in [-0.25, -0.2) is 9.59 Å². The molecule has 4 aromatic carbocycles. The van der Waals surface area contributed by atoms with Crippen molar-refractivity contribution in [1.82, 2.24) is 0 Å². The topological polar surface area (TPSA) is 154 Å². The van der Waals surface area contributed by atoms with Crippen LogP contribution in [0.1, 0.15) is 0 Å². The normalized spacial score (nSPS) is 9.44. The number of rotatable bonds is 6. The van der Waals surface area contributed by atoms with Gasteiger partial charge in [-0.05, 0) is 48.5 Å². The molecule has 12 nitrogen and oxygen atoms in total. The lowest BCUT2D eigenvalue weighted by molar-refractivity contribution is -0.385. The summed E-state index contributed by atoms with van der Waals surface area (Å²) < 4.78 is 9.70. The Labute approximate surface area is 240 Å². The first-order valence-electron chi connectivity index (χ1n) is 11.7. The number of anilines is 2. The molecule has 0 heterocycles. The molecule has 0 saturated heterocycles. The van der Waals surface area contributed by atoms with Gasteiger partial charge < -0.3 is 14.8 Å². The van der Waals surface area contributed by atoms with Gasteiger partial charge in [0.15, 0.2) is 0 Å². The number of halogens is 1. The Morgan fingerprint density at radius 1 is 0.707 bits per heavy atom. The second kappa shape index (κ2) is 16.5. The first-order valence-corrected chi connectivity index (χ1v) is 12.1. The summed E-state index contributed by atoms with van der Waals surface area (Å²) in [6.07, 6.45) is -0.565. The molecular weight excluding hydrogens is 556 g/mol. The summed E-state index contributed by atoms with van der Waals surface area (Å²) in [6, 6.07) is 29.2. The molecule has 1 amide bonds. The van der Waals surface area contributed by atoms with Crippen LogP contribution in [0, 0.1) is 20.2 Å². The van der Waals surface area contributed by atoms with Gasteiger partial charge in [-0.2, -0.15) is 0 Å². The number of carbonyl (C=O) groups is 2. The van der Waals surface area contributed by atoms with Crippen LogP contribution in [-0.4, -0.2) is 35.5 Å². The van der Waals surface area contributed by atoms with Crippen molar-refractivity contribution >= 4 is 45.9 Å². The number of amides is 1. The number of hydrogen-bond donors (Lipinski definition) is 1. The highest BCUT2D eigenvalue weighted by molar-refractivity contribution is 6.61. The average molecular weight is 581 g/mol. The van der Waals surface area contributed by atoms with E-state index in [-0.39, 0.29) is 11.4 Å². The van der Waals surface area contributed by atoms with Crippen LogP contribution in [0.4, 0.5) is 32.3 Å². The molecule has 0 unspecified atom stereocenters. The molecule has 0 bridgehead atoms. The van der Waals surface area contributed by atoms with Crippen molar-refractivity contribution in [2.75, 3.05) is 24.3 Å². The van der Waals surface area contributed by atoms with Gasteiger partial charge in [0.1, 0.15) is 11.5 Å². The minimum atomic E-state index is -0.814. The molecule has 0 aromatic heterocycles. The Bertz CT molecular complexity index is 1420. The highest BCUT2D eigenvalue weighted by atomic mass is 35.5. The Balaban J connectivity index is 0.000000236. The first-order chi connectivity index (χ1) is 19.6. The smallest absolute Gasteiger partial charge is 0.415 e. The maximum Gasteiger partial charge on any atom is 0.419 e. The minimum absolute atomic E-state index is 0.0291. The van der Waals surface area contributed by atoms with Crippen LogP contribution in [-0.2, 0) is 0 Å². The molecule has 0 fully saturated rings. The number of benzene rings is 4. The number of hydrogen-bond acceptors (Lipinski definition) is 9. The largest absolute Gasteiger partial charge is 0.419 e. The van der Waals surface area contributed by atoms with Crippen molar-refractivity contribution < 1.29 is 28.9 Å². The minimum Gasteiger partial charge on any atom is -0.415 e. The van der Waals surface area contributed by atoms with Gasteiger partial charge in [-0.15, -0.1) is 0 Å². The maximum absolute atomic E-state index is 11.9. The van der Waals surface area contributed by atoms with Gasteiger partial charge in [-0.1, -0.05) is 36.4 Å². The Hall–Kier alpha value is -5.49. The van der Waals surface area contributed by atoms with Crippen LogP contribution >= 0.6 is 11.6 Å². The van der Waals surface area contributed by atoms with E-state index >= 15 is 0 Å². The molecular formula is C28H25ClN4O8. The van der Waals surface area contributed by atoms with E-state index in [1.165, 1.54) is 48.3 Å². The summed E-state index contributed by atoms with van der Waals surface area (Å²) in [6.45, 7) is 0. The number of ether oxygens (including phenoxy) is 2. The van der Waals surface area contributed by atoms with Crippen molar-refractivity contribution in [3.05, 3.63) is 129 Å². The van der Waals surface area contributed by atoms with E-state index in [0.717, 1.165) is 5.69 Å². The molecule has 41 heavy (non-hydrogen) atoms. The third-order valence-electron chi connectivity index (χ3n) is 4.98. The molecule has 1 N–H and O–H groups in total. The third kappa shape index (κ3) is 11.4. The lowest BCUT2D eigenvalue weighted by Crippen LogP contribution is -2.29. The van der Waals surface area contributed by atoms with Gasteiger partial charge in [0.05, 0.1) is 9.85 Å². The van der Waals surface area contributed by atoms with Crippen LogP contribution in [0.25, 0.3) is 0 Å². The molecule has 4 rings (SSSR count). The summed E-state index contributed by atoms with van der Waals surface area (Å²) in [5, 5.41) is 23.6. The van der Waals surface area contributed by atoms with Gasteiger partial charge in [0.2, 0.25) is 0 Å². The van der Waals surface area contributed by atoms with Crippen LogP contribution in [0.2, 0.25) is 0 Å². The van der Waals surface area contributed by atoms with E-state index in [2.05, 4.69) is 10.1 Å². The standard InChI is InChI=1S/C14H12N2O4.C7H5ClO2.C7H8N2O2/c1-15(11-7-9-12(10-8-11)16(18)19)14(17)20-13-5-3-2-4-6-13;8-7(9)10-6-4-2-1-3-5-6;1-8-6-2-4-7(5-3-6)9(10)11/h2-10H,1H3;1-5H;2-5,8H,1H3. The first kappa shape index (κ1) is 31.7. The Morgan fingerprint density at radius 3 is 1.51 bits per heavy atom. The zero-order valence-electron chi connectivity index (χ0n) is 21.9. The fourth-order valence-electron chi connectivity index (χ4n) is 2.89. The van der Waals surface area contributed by atoms with E-state index in [4.69, 9.17) is 16.3 Å². The summed E-state index contributed by atoms with van der Waals surface area (Å²) in [7, 11) is 3.30. The van der Waals surface area contributed by atoms with Crippen molar-refractivity contribution in [3.8, 4) is 11.5 Å². The van der Waals surface area contributed by atoms with Gasteiger partial charge in [-0.3, -0.25) is 25.1 Å². The molecule has 0 atom stereocenters. The molecule has 212 valence electrons. The lowest BCUT2D eigenvalue weighted by Gasteiger charge is -2.16. The van der Waals surface area contributed by atoms with E-state index < -0.39 is 21.4 Å². The predicted octanol–water partition coefficient (Wildman–Crippen LogP) is 7.29. The van der Waals surface area contributed by atoms with Gasteiger partial charge >= 0.3 is 11.5 Å². The molecule has 0 spiro atoms. The van der Waals surface area contributed by atoms with Crippen LogP contribution in [0.5, 0.6) is 11.5 Å². The van der Waals surface area contributed by atoms with E-state index in [0.29, 0.717) is 17.2 Å². The summed E-state index contributed by atoms with van der Waals surface area (Å²) in [4.78, 5) is 43.2. The molecule has 0 aliphatic carbocycles. The third-order valence-corrected chi connectivity index (χ3v) is 5.06. The summed E-state index contributed by atoms with van der Waals surface area (Å²) >= 11 is 4.95. The van der Waals surface area contributed by atoms with Gasteiger partial charge in [0.25, 0.3) is 11.4 Å². The zero-order chi connectivity index (χ0) is 30.2. The number of para-hydroxylation sites is 2. The fraction of sp³-hybridized carbons (Fsp3) is 0.0714. The van der Waals surface area contributed by atoms with E-state index in [1.54, 1.807) is 67.7 Å². The number of carbonyl (C=O) groups excluding carboxylic acids is 2. The number of nitrogens with zero attached hydrogens (tertiary/aromatic N) is 3. The summed E-state index contributed by atoms with van der Waals surface area (Å²) in [5.74, 6) is 0.897. The highest BCUT2D eigenvalue weighted by Gasteiger charge is 2.14. The monoisotopic (exact) mass is 580 g/mol. The van der Waals surface area contributed by atoms with Crippen LogP contribution in [0.15, 0.2) is 109 Å². The fourth-order valence-corrected chi connectivity index (χ4v) is 2.98. The molecule has 0 aliphatic rings. The highest BCUT2D eigenvalue weighted by Crippen LogP contribution is 2.20. The maximum atomic E-state index is 11.9. The number of nitrogens with one attached hydrogen (secondary N) is 1. The van der Waals surface area contributed by atoms with Crippen LogP contribution in [0.3, 0.4) is 0 Å². The molecule has 13 heteroatoms. The second-order valence-electron chi connectivity index (χ2n) is 7.72. The van der Waals surface area contributed by atoms with Crippen molar-refractivity contribution in [1.29, 1.82) is 0 Å². The molecule has 0 radical (unpaired) electrons. The second-order valence-corrected chi connectivity index (χ2v) is 8.03. The van der Waals surface area contributed by atoms with Crippen LogP contribution < -0.4 is 19.7 Å². The Morgan fingerprint density at radius 2 is 1.12 bits per heavy atom. The number of non-ortho nitro benzene ring substituents is 2. The predicted molar refractivity (Wildman–Crippen MR) is 155 cm³/mol. The Kier molecular flexibility index (Phi) is 12.7. The average Bonchev–Trinajstić information content (AvgIpc) is 2.98. The number of nitro groups is 2.